The number of rotatable bonds is 11. The molecule has 1 amide bonds. The molecule has 0 spiro atoms. The molecule has 0 aliphatic heterocycles. The number of carbonyl (C=O) groups is 1. The number of carbonyl (C=O) groups excluding carboxylic acids is 1. The number of fused-ring (bicyclic) bond motifs is 1. The zero-order chi connectivity index (χ0) is 23.6. The summed E-state index contributed by atoms with van der Waals surface area (Å²) in [6, 6.07) is 11.8. The van der Waals surface area contributed by atoms with Crippen LogP contribution in [0, 0.1) is 0 Å². The molecular weight excluding hydrogens is 416 g/mol. The number of hydrogen-bond donors (Lipinski definition) is 2. The topological polar surface area (TPSA) is 92.3 Å². The highest BCUT2D eigenvalue weighted by atomic mass is 16.5. The Labute approximate surface area is 195 Å². The molecule has 0 fully saturated rings. The first-order valence-electron chi connectivity index (χ1n) is 11.7. The SMILES string of the molecule is CCOC(=O)Nc1cc(N[C@@H](C)CCCN(CC)CC)c2ncc(-c3ccccc3)nc2n1. The van der Waals surface area contributed by atoms with Crippen molar-refractivity contribution in [2.75, 3.05) is 36.9 Å². The lowest BCUT2D eigenvalue weighted by molar-refractivity contribution is 0.168. The van der Waals surface area contributed by atoms with Crippen LogP contribution in [0.25, 0.3) is 22.4 Å². The molecule has 3 aromatic rings. The Balaban J connectivity index is 1.86. The fourth-order valence-corrected chi connectivity index (χ4v) is 3.69. The standard InChI is InChI=1S/C25H34N6O2/c1-5-31(6-2)15-11-12-18(4)27-20-16-22(30-25(32)33-7-3)29-24-23(20)26-17-21(28-24)19-13-9-8-10-14-19/h8-10,13-14,16-18H,5-7,11-12,15H2,1-4H3,(H2,27,28,29,30,32)/t18-/m0/s1. The van der Waals surface area contributed by atoms with E-state index < -0.39 is 6.09 Å². The molecule has 0 unspecified atom stereocenters. The number of nitrogens with zero attached hydrogens (tertiary/aromatic N) is 4. The molecule has 1 atom stereocenters. The van der Waals surface area contributed by atoms with Crippen LogP contribution in [0.2, 0.25) is 0 Å². The van der Waals surface area contributed by atoms with Gasteiger partial charge in [-0.1, -0.05) is 44.2 Å². The van der Waals surface area contributed by atoms with E-state index in [0.717, 1.165) is 49.4 Å². The van der Waals surface area contributed by atoms with E-state index in [1.165, 1.54) is 0 Å². The minimum atomic E-state index is -0.547. The van der Waals surface area contributed by atoms with Gasteiger partial charge in [-0.3, -0.25) is 5.32 Å². The predicted octanol–water partition coefficient (Wildman–Crippen LogP) is 5.18. The Morgan fingerprint density at radius 2 is 1.88 bits per heavy atom. The first-order valence-corrected chi connectivity index (χ1v) is 11.7. The largest absolute Gasteiger partial charge is 0.450 e. The summed E-state index contributed by atoms with van der Waals surface area (Å²) in [6.45, 7) is 11.8. The van der Waals surface area contributed by atoms with Crippen molar-refractivity contribution in [2.45, 2.75) is 46.6 Å². The second-order valence-electron chi connectivity index (χ2n) is 7.91. The van der Waals surface area contributed by atoms with E-state index in [1.807, 2.05) is 30.3 Å². The summed E-state index contributed by atoms with van der Waals surface area (Å²) in [5.74, 6) is 0.373. The van der Waals surface area contributed by atoms with Gasteiger partial charge in [-0.05, 0) is 46.3 Å². The van der Waals surface area contributed by atoms with Crippen molar-refractivity contribution in [3.05, 3.63) is 42.6 Å². The first-order chi connectivity index (χ1) is 16.0. The van der Waals surface area contributed by atoms with Gasteiger partial charge < -0.3 is 15.0 Å². The molecule has 2 N–H and O–H groups in total. The quantitative estimate of drug-likeness (QED) is 0.416. The Kier molecular flexibility index (Phi) is 8.95. The van der Waals surface area contributed by atoms with Crippen LogP contribution < -0.4 is 10.6 Å². The van der Waals surface area contributed by atoms with Gasteiger partial charge in [0, 0.05) is 17.7 Å². The number of amides is 1. The maximum absolute atomic E-state index is 12.0. The summed E-state index contributed by atoms with van der Waals surface area (Å²) in [4.78, 5) is 28.3. The fourth-order valence-electron chi connectivity index (χ4n) is 3.69. The minimum Gasteiger partial charge on any atom is -0.450 e. The summed E-state index contributed by atoms with van der Waals surface area (Å²) < 4.78 is 5.02. The van der Waals surface area contributed by atoms with Crippen molar-refractivity contribution in [3.63, 3.8) is 0 Å². The zero-order valence-corrected chi connectivity index (χ0v) is 20.0. The van der Waals surface area contributed by atoms with Gasteiger partial charge in [0.25, 0.3) is 0 Å². The third-order valence-corrected chi connectivity index (χ3v) is 5.50. The number of hydrogen-bond acceptors (Lipinski definition) is 7. The van der Waals surface area contributed by atoms with Gasteiger partial charge in [0.1, 0.15) is 11.3 Å². The highest BCUT2D eigenvalue weighted by Gasteiger charge is 2.14. The monoisotopic (exact) mass is 450 g/mol. The molecule has 0 radical (unpaired) electrons. The Bertz CT molecular complexity index is 1040. The molecule has 1 aromatic carbocycles. The molecular formula is C25H34N6O2. The molecule has 8 heteroatoms. The summed E-state index contributed by atoms with van der Waals surface area (Å²) in [5.41, 5.74) is 3.59. The fraction of sp³-hybridized carbons (Fsp3) is 0.440. The highest BCUT2D eigenvalue weighted by Crippen LogP contribution is 2.26. The lowest BCUT2D eigenvalue weighted by atomic mass is 10.1. The summed E-state index contributed by atoms with van der Waals surface area (Å²) in [5, 5.41) is 6.24. The molecule has 8 nitrogen and oxygen atoms in total. The number of anilines is 2. The maximum atomic E-state index is 12.0. The molecule has 2 heterocycles. The average molecular weight is 451 g/mol. The molecule has 176 valence electrons. The van der Waals surface area contributed by atoms with Gasteiger partial charge in [-0.25, -0.2) is 19.7 Å². The number of benzene rings is 1. The zero-order valence-electron chi connectivity index (χ0n) is 20.0. The summed E-state index contributed by atoms with van der Waals surface area (Å²) >= 11 is 0. The van der Waals surface area contributed by atoms with Crippen LogP contribution in [0.3, 0.4) is 0 Å². The first kappa shape index (κ1) is 24.4. The molecule has 0 saturated heterocycles. The second kappa shape index (κ2) is 12.1. The van der Waals surface area contributed by atoms with E-state index in [-0.39, 0.29) is 12.6 Å². The van der Waals surface area contributed by atoms with Crippen LogP contribution in [0.4, 0.5) is 16.3 Å². The van der Waals surface area contributed by atoms with Crippen LogP contribution in [0.15, 0.2) is 42.6 Å². The van der Waals surface area contributed by atoms with Gasteiger partial charge >= 0.3 is 6.09 Å². The van der Waals surface area contributed by atoms with Gasteiger partial charge in [0.15, 0.2) is 5.65 Å². The van der Waals surface area contributed by atoms with Crippen molar-refractivity contribution in [3.8, 4) is 11.3 Å². The summed E-state index contributed by atoms with van der Waals surface area (Å²) in [7, 11) is 0. The van der Waals surface area contributed by atoms with E-state index in [1.54, 1.807) is 19.2 Å². The molecule has 0 aliphatic rings. The number of pyridine rings is 1. The van der Waals surface area contributed by atoms with E-state index in [2.05, 4.69) is 46.3 Å². The van der Waals surface area contributed by atoms with Crippen LogP contribution in [0.5, 0.6) is 0 Å². The van der Waals surface area contributed by atoms with Gasteiger partial charge in [-0.15, -0.1) is 0 Å². The van der Waals surface area contributed by atoms with Crippen LogP contribution in [-0.4, -0.2) is 58.2 Å². The minimum absolute atomic E-state index is 0.220. The van der Waals surface area contributed by atoms with Crippen LogP contribution >= 0.6 is 0 Å². The van der Waals surface area contributed by atoms with Crippen molar-refractivity contribution < 1.29 is 9.53 Å². The number of ether oxygens (including phenoxy) is 1. The number of nitrogens with one attached hydrogen (secondary N) is 2. The Morgan fingerprint density at radius 1 is 1.12 bits per heavy atom. The van der Waals surface area contributed by atoms with Crippen molar-refractivity contribution in [1.82, 2.24) is 19.9 Å². The van der Waals surface area contributed by atoms with Crippen molar-refractivity contribution in [2.24, 2.45) is 0 Å². The van der Waals surface area contributed by atoms with E-state index in [0.29, 0.717) is 17.0 Å². The Morgan fingerprint density at radius 3 is 2.58 bits per heavy atom. The molecule has 3 rings (SSSR count). The van der Waals surface area contributed by atoms with Crippen LogP contribution in [-0.2, 0) is 4.74 Å². The lowest BCUT2D eigenvalue weighted by Crippen LogP contribution is -2.25. The van der Waals surface area contributed by atoms with Crippen molar-refractivity contribution in [1.29, 1.82) is 0 Å². The molecule has 33 heavy (non-hydrogen) atoms. The smallest absolute Gasteiger partial charge is 0.412 e. The normalized spacial score (nSPS) is 12.0. The highest BCUT2D eigenvalue weighted by molar-refractivity contribution is 5.92. The third-order valence-electron chi connectivity index (χ3n) is 5.50. The average Bonchev–Trinajstić information content (AvgIpc) is 2.82. The maximum Gasteiger partial charge on any atom is 0.412 e. The lowest BCUT2D eigenvalue weighted by Gasteiger charge is -2.21. The predicted molar refractivity (Wildman–Crippen MR) is 134 cm³/mol. The number of aromatic nitrogens is 3. The third kappa shape index (κ3) is 6.86. The van der Waals surface area contributed by atoms with E-state index in [4.69, 9.17) is 9.72 Å². The van der Waals surface area contributed by atoms with Gasteiger partial charge in [-0.2, -0.15) is 0 Å². The molecule has 0 saturated carbocycles. The summed E-state index contributed by atoms with van der Waals surface area (Å²) in [6.07, 6.45) is 3.32. The van der Waals surface area contributed by atoms with Gasteiger partial charge in [0.05, 0.1) is 24.2 Å². The Hall–Kier alpha value is -3.26. The van der Waals surface area contributed by atoms with Crippen LogP contribution in [0.1, 0.15) is 40.5 Å². The van der Waals surface area contributed by atoms with E-state index >= 15 is 0 Å². The molecule has 0 bridgehead atoms. The second-order valence-corrected chi connectivity index (χ2v) is 7.91. The molecule has 2 aromatic heterocycles. The molecule has 0 aliphatic carbocycles. The van der Waals surface area contributed by atoms with E-state index in [9.17, 15) is 4.79 Å². The van der Waals surface area contributed by atoms with Gasteiger partial charge in [0.2, 0.25) is 0 Å². The van der Waals surface area contributed by atoms with Crippen molar-refractivity contribution >= 4 is 28.8 Å².